The van der Waals surface area contributed by atoms with E-state index >= 15 is 0 Å². The van der Waals surface area contributed by atoms with Crippen LogP contribution >= 0.6 is 0 Å². The fraction of sp³-hybridized carbons (Fsp3) is 0.538. The summed E-state index contributed by atoms with van der Waals surface area (Å²) in [5.74, 6) is 0. The quantitative estimate of drug-likeness (QED) is 0.778. The number of hydrogen-bond acceptors (Lipinski definition) is 2. The first-order valence-corrected chi connectivity index (χ1v) is 6.15. The Labute approximate surface area is 96.5 Å². The minimum atomic E-state index is 0.996. The molecule has 0 bridgehead atoms. The minimum absolute atomic E-state index is 0.996. The molecule has 0 radical (unpaired) electrons. The highest BCUT2D eigenvalue weighted by molar-refractivity contribution is 5.71. The summed E-state index contributed by atoms with van der Waals surface area (Å²) in [7, 11) is 2.02. The van der Waals surface area contributed by atoms with E-state index in [1.807, 2.05) is 7.05 Å². The molecule has 0 fully saturated rings. The molecule has 1 aliphatic carbocycles. The normalized spacial score (nSPS) is 18.9. The van der Waals surface area contributed by atoms with Crippen molar-refractivity contribution in [2.24, 2.45) is 0 Å². The van der Waals surface area contributed by atoms with Crippen LogP contribution in [-0.4, -0.2) is 24.7 Å². The topological polar surface area (TPSA) is 29.0 Å². The molecular weight excluding hydrogens is 198 g/mol. The second-order valence-electron chi connectivity index (χ2n) is 4.65. The summed E-state index contributed by atoms with van der Waals surface area (Å²) >= 11 is 0. The van der Waals surface area contributed by atoms with E-state index in [1.54, 1.807) is 5.56 Å². The predicted molar refractivity (Wildman–Crippen MR) is 66.4 cm³/mol. The number of hydrogen-bond donors (Lipinski definition) is 2. The zero-order valence-electron chi connectivity index (χ0n) is 9.84. The van der Waals surface area contributed by atoms with Gasteiger partial charge in [-0.1, -0.05) is 6.08 Å². The molecule has 2 N–H and O–H groups in total. The first-order valence-electron chi connectivity index (χ1n) is 6.15. The second kappa shape index (κ2) is 4.07. The molecular formula is C13H19N3. The second-order valence-corrected chi connectivity index (χ2v) is 4.65. The Kier molecular flexibility index (Phi) is 2.58. The predicted octanol–water partition coefficient (Wildman–Crippen LogP) is 1.14. The molecule has 3 rings (SSSR count). The zero-order chi connectivity index (χ0) is 11.0. The Morgan fingerprint density at radius 3 is 3.31 bits per heavy atom. The Hall–Kier alpha value is -1.06. The largest absolute Gasteiger partial charge is 0.346 e. The Morgan fingerprint density at radius 1 is 1.50 bits per heavy atom. The van der Waals surface area contributed by atoms with Gasteiger partial charge in [-0.05, 0) is 36.6 Å². The van der Waals surface area contributed by atoms with Crippen molar-refractivity contribution in [2.75, 3.05) is 20.1 Å². The van der Waals surface area contributed by atoms with Gasteiger partial charge >= 0.3 is 0 Å². The number of allylic oxidation sites excluding steroid dienone is 1. The van der Waals surface area contributed by atoms with Gasteiger partial charge in [0.15, 0.2) is 0 Å². The van der Waals surface area contributed by atoms with Crippen molar-refractivity contribution in [3.63, 3.8) is 0 Å². The summed E-state index contributed by atoms with van der Waals surface area (Å²) in [5.41, 5.74) is 6.07. The molecule has 0 aromatic carbocycles. The number of aromatic nitrogens is 1. The van der Waals surface area contributed by atoms with Crippen LogP contribution in [0, 0.1) is 0 Å². The van der Waals surface area contributed by atoms with Gasteiger partial charge in [0, 0.05) is 38.1 Å². The molecule has 3 nitrogen and oxygen atoms in total. The molecule has 3 heteroatoms. The maximum absolute atomic E-state index is 3.49. The number of nitrogens with one attached hydrogen (secondary N) is 2. The molecule has 0 saturated heterocycles. The third kappa shape index (κ3) is 1.51. The van der Waals surface area contributed by atoms with Crippen molar-refractivity contribution in [3.05, 3.63) is 29.1 Å². The highest BCUT2D eigenvalue weighted by atomic mass is 15.0. The molecule has 0 unspecified atom stereocenters. The van der Waals surface area contributed by atoms with Gasteiger partial charge in [0.2, 0.25) is 0 Å². The van der Waals surface area contributed by atoms with Crippen molar-refractivity contribution in [3.8, 4) is 0 Å². The van der Waals surface area contributed by atoms with Crippen molar-refractivity contribution < 1.29 is 0 Å². The summed E-state index contributed by atoms with van der Waals surface area (Å²) in [4.78, 5) is 0. The van der Waals surface area contributed by atoms with E-state index in [-0.39, 0.29) is 0 Å². The fourth-order valence-corrected chi connectivity index (χ4v) is 2.90. The van der Waals surface area contributed by atoms with Crippen LogP contribution in [0.25, 0.3) is 5.57 Å². The van der Waals surface area contributed by atoms with Crippen molar-refractivity contribution in [1.82, 2.24) is 15.2 Å². The van der Waals surface area contributed by atoms with Gasteiger partial charge in [-0.2, -0.15) is 0 Å². The minimum Gasteiger partial charge on any atom is -0.346 e. The lowest BCUT2D eigenvalue weighted by Gasteiger charge is -2.15. The molecule has 16 heavy (non-hydrogen) atoms. The van der Waals surface area contributed by atoms with Gasteiger partial charge in [0.05, 0.1) is 0 Å². The highest BCUT2D eigenvalue weighted by Crippen LogP contribution is 2.31. The van der Waals surface area contributed by atoms with E-state index < -0.39 is 0 Å². The van der Waals surface area contributed by atoms with Gasteiger partial charge in [0.25, 0.3) is 0 Å². The van der Waals surface area contributed by atoms with E-state index in [9.17, 15) is 0 Å². The van der Waals surface area contributed by atoms with Crippen LogP contribution in [0.5, 0.6) is 0 Å². The van der Waals surface area contributed by atoms with E-state index in [4.69, 9.17) is 0 Å². The number of nitrogens with zero attached hydrogens (tertiary/aromatic N) is 1. The van der Waals surface area contributed by atoms with Gasteiger partial charge < -0.3 is 15.2 Å². The number of rotatable bonds is 2. The van der Waals surface area contributed by atoms with Crippen LogP contribution in [0.15, 0.2) is 12.3 Å². The van der Waals surface area contributed by atoms with Crippen molar-refractivity contribution in [1.29, 1.82) is 0 Å². The van der Waals surface area contributed by atoms with Crippen LogP contribution < -0.4 is 10.6 Å². The lowest BCUT2D eigenvalue weighted by atomic mass is 9.94. The van der Waals surface area contributed by atoms with E-state index in [1.165, 1.54) is 29.7 Å². The van der Waals surface area contributed by atoms with Crippen LogP contribution in [0.2, 0.25) is 0 Å². The molecule has 2 heterocycles. The first kappa shape index (κ1) is 10.1. The molecule has 1 aromatic rings. The van der Waals surface area contributed by atoms with Gasteiger partial charge in [-0.15, -0.1) is 0 Å². The summed E-state index contributed by atoms with van der Waals surface area (Å²) < 4.78 is 2.44. The zero-order valence-corrected chi connectivity index (χ0v) is 9.84. The van der Waals surface area contributed by atoms with E-state index in [0.717, 1.165) is 26.2 Å². The van der Waals surface area contributed by atoms with E-state index in [0.29, 0.717) is 0 Å². The average Bonchev–Trinajstić information content (AvgIpc) is 2.52. The van der Waals surface area contributed by atoms with Gasteiger partial charge in [-0.3, -0.25) is 0 Å². The molecule has 86 valence electrons. The van der Waals surface area contributed by atoms with E-state index in [2.05, 4.69) is 27.5 Å². The monoisotopic (exact) mass is 217 g/mol. The molecule has 1 aliphatic heterocycles. The maximum Gasteiger partial charge on any atom is 0.0485 e. The van der Waals surface area contributed by atoms with Crippen LogP contribution in [0.3, 0.4) is 0 Å². The summed E-state index contributed by atoms with van der Waals surface area (Å²) in [6.45, 7) is 4.22. The third-order valence-corrected chi connectivity index (χ3v) is 3.57. The Morgan fingerprint density at radius 2 is 2.44 bits per heavy atom. The highest BCUT2D eigenvalue weighted by Gasteiger charge is 2.22. The van der Waals surface area contributed by atoms with Gasteiger partial charge in [-0.25, -0.2) is 0 Å². The first-order chi connectivity index (χ1) is 7.90. The molecule has 0 atom stereocenters. The maximum atomic E-state index is 3.49. The van der Waals surface area contributed by atoms with Crippen LogP contribution in [0.4, 0.5) is 0 Å². The Balaban J connectivity index is 2.10. The van der Waals surface area contributed by atoms with Crippen molar-refractivity contribution in [2.45, 2.75) is 25.9 Å². The SMILES string of the molecule is CNCc1cn2c3c1CCC=C3CNCC2. The molecule has 0 amide bonds. The smallest absolute Gasteiger partial charge is 0.0485 e. The molecule has 2 aliphatic rings. The van der Waals surface area contributed by atoms with Gasteiger partial charge in [0.1, 0.15) is 0 Å². The fourth-order valence-electron chi connectivity index (χ4n) is 2.90. The molecule has 1 aromatic heterocycles. The summed E-state index contributed by atoms with van der Waals surface area (Å²) in [6, 6.07) is 0. The summed E-state index contributed by atoms with van der Waals surface area (Å²) in [6.07, 6.45) is 7.15. The lowest BCUT2D eigenvalue weighted by molar-refractivity contribution is 0.647. The lowest BCUT2D eigenvalue weighted by Crippen LogP contribution is -2.18. The van der Waals surface area contributed by atoms with Crippen LogP contribution in [0.1, 0.15) is 23.2 Å². The van der Waals surface area contributed by atoms with Crippen molar-refractivity contribution >= 4 is 5.57 Å². The summed E-state index contributed by atoms with van der Waals surface area (Å²) in [5, 5.41) is 6.76. The Bertz CT molecular complexity index is 429. The third-order valence-electron chi connectivity index (χ3n) is 3.57. The molecule has 0 spiro atoms. The standard InChI is InChI=1S/C13H19N3/c1-14-7-11-9-16-6-5-15-8-10-3-2-4-12(11)13(10)16/h3,9,14-15H,2,4-8H2,1H3. The van der Waals surface area contributed by atoms with Crippen LogP contribution in [-0.2, 0) is 19.5 Å². The molecule has 0 saturated carbocycles. The average molecular weight is 217 g/mol.